The van der Waals surface area contributed by atoms with Crippen molar-refractivity contribution >= 4 is 27.7 Å². The van der Waals surface area contributed by atoms with Crippen LogP contribution in [0.1, 0.15) is 34.0 Å². The second kappa shape index (κ2) is 11.8. The average Bonchev–Trinajstić information content (AvgIpc) is 2.56. The fourth-order valence-corrected chi connectivity index (χ4v) is 3.34. The molecular weight excluding hydrogens is 323 g/mol. The molecule has 6 heteroatoms. The Kier molecular flexibility index (Phi) is 11.4. The quantitative estimate of drug-likeness (QED) is 0.427. The van der Waals surface area contributed by atoms with Crippen molar-refractivity contribution in [3.8, 4) is 0 Å². The van der Waals surface area contributed by atoms with Crippen molar-refractivity contribution in [2.24, 2.45) is 0 Å². The van der Waals surface area contributed by atoms with Crippen molar-refractivity contribution in [1.29, 1.82) is 0 Å². The van der Waals surface area contributed by atoms with E-state index < -0.39 is 10.1 Å². The summed E-state index contributed by atoms with van der Waals surface area (Å²) in [4.78, 5) is 8.26. The van der Waals surface area contributed by atoms with Crippen LogP contribution in [0.5, 0.6) is 0 Å². The third-order valence-electron chi connectivity index (χ3n) is 3.26. The molecule has 0 heterocycles. The molecule has 0 N–H and O–H groups in total. The standard InChI is InChI=1S/C16H20O3S.CH2O.Na.H/c1-2-3-4-7-13-19-20(17,18)16-12-8-10-14-9-5-6-11-15(14)16;1-2;;/h5-6,8-12H,2-4,7,13H2,1H3;1H2;;/q;;+1;-1. The Morgan fingerprint density at radius 3 is 2.35 bits per heavy atom. The van der Waals surface area contributed by atoms with Crippen LogP contribution in [-0.2, 0) is 19.1 Å². The minimum atomic E-state index is -3.67. The molecule has 0 spiro atoms. The second-order valence-electron chi connectivity index (χ2n) is 4.81. The van der Waals surface area contributed by atoms with E-state index in [0.717, 1.165) is 31.1 Å². The number of unbranched alkanes of at least 4 members (excludes halogenated alkanes) is 3. The molecule has 0 aliphatic rings. The van der Waals surface area contributed by atoms with Gasteiger partial charge in [-0.2, -0.15) is 8.42 Å². The average molecular weight is 346 g/mol. The predicted molar refractivity (Wildman–Crippen MR) is 89.5 cm³/mol. The minimum Gasteiger partial charge on any atom is -1.00 e. The molecule has 2 rings (SSSR count). The molecule has 0 aromatic heterocycles. The SMILES string of the molecule is C=O.CCCCCCOS(=O)(=O)c1cccc2ccccc12.[H-].[Na+]. The molecule has 0 atom stereocenters. The van der Waals surface area contributed by atoms with Crippen LogP contribution in [0.25, 0.3) is 10.8 Å². The maximum atomic E-state index is 12.3. The van der Waals surface area contributed by atoms with Gasteiger partial charge in [0.25, 0.3) is 10.1 Å². The molecule has 23 heavy (non-hydrogen) atoms. The molecule has 2 aromatic carbocycles. The zero-order valence-electron chi connectivity index (χ0n) is 14.8. The van der Waals surface area contributed by atoms with Gasteiger partial charge in [0.1, 0.15) is 11.7 Å². The Morgan fingerprint density at radius 2 is 1.65 bits per heavy atom. The van der Waals surface area contributed by atoms with Crippen LogP contribution in [0, 0.1) is 0 Å². The van der Waals surface area contributed by atoms with Crippen molar-refractivity contribution in [2.75, 3.05) is 6.61 Å². The molecule has 2 aromatic rings. The Balaban J connectivity index is 0. The molecule has 0 aliphatic heterocycles. The van der Waals surface area contributed by atoms with E-state index in [1.165, 1.54) is 0 Å². The monoisotopic (exact) mass is 346 g/mol. The van der Waals surface area contributed by atoms with Crippen molar-refractivity contribution < 1.29 is 48.4 Å². The van der Waals surface area contributed by atoms with Crippen LogP contribution in [0.2, 0.25) is 0 Å². The summed E-state index contributed by atoms with van der Waals surface area (Å²) in [6.45, 7) is 4.37. The van der Waals surface area contributed by atoms with Crippen molar-refractivity contribution in [3.05, 3.63) is 42.5 Å². The fourth-order valence-electron chi connectivity index (χ4n) is 2.17. The molecule has 0 amide bonds. The molecule has 122 valence electrons. The second-order valence-corrected chi connectivity index (χ2v) is 6.40. The third-order valence-corrected chi connectivity index (χ3v) is 4.63. The summed E-state index contributed by atoms with van der Waals surface area (Å²) < 4.78 is 29.7. The van der Waals surface area contributed by atoms with Gasteiger partial charge in [0, 0.05) is 5.39 Å². The Bertz CT molecular complexity index is 687. The predicted octanol–water partition coefficient (Wildman–Crippen LogP) is 1.06. The summed E-state index contributed by atoms with van der Waals surface area (Å²) >= 11 is 0. The van der Waals surface area contributed by atoms with Crippen molar-refractivity contribution in [1.82, 2.24) is 0 Å². The van der Waals surface area contributed by atoms with E-state index in [-0.39, 0.29) is 42.5 Å². The van der Waals surface area contributed by atoms with Gasteiger partial charge in [-0.3, -0.25) is 4.18 Å². The first-order chi connectivity index (χ1) is 10.6. The van der Waals surface area contributed by atoms with Crippen LogP contribution in [0.4, 0.5) is 0 Å². The van der Waals surface area contributed by atoms with E-state index >= 15 is 0 Å². The van der Waals surface area contributed by atoms with Crippen LogP contribution in [0.3, 0.4) is 0 Å². The van der Waals surface area contributed by atoms with Crippen molar-refractivity contribution in [2.45, 2.75) is 37.5 Å². The molecule has 0 unspecified atom stereocenters. The van der Waals surface area contributed by atoms with Crippen LogP contribution >= 0.6 is 0 Å². The fraction of sp³-hybridized carbons (Fsp3) is 0.353. The van der Waals surface area contributed by atoms with E-state index in [0.29, 0.717) is 5.39 Å². The summed E-state index contributed by atoms with van der Waals surface area (Å²) in [5, 5.41) is 1.62. The maximum absolute atomic E-state index is 12.3. The molecule has 0 radical (unpaired) electrons. The van der Waals surface area contributed by atoms with E-state index in [1.807, 2.05) is 37.1 Å². The number of hydrogen-bond donors (Lipinski definition) is 0. The smallest absolute Gasteiger partial charge is 1.00 e. The Hall–Kier alpha value is -0.720. The number of carbonyl (C=O) groups excluding carboxylic acids is 1. The van der Waals surface area contributed by atoms with Gasteiger partial charge in [-0.1, -0.05) is 62.6 Å². The molecule has 0 bridgehead atoms. The maximum Gasteiger partial charge on any atom is 1.00 e. The van der Waals surface area contributed by atoms with Crippen LogP contribution in [0.15, 0.2) is 47.4 Å². The molecule has 0 aliphatic carbocycles. The Labute approximate surface area is 162 Å². The summed E-state index contributed by atoms with van der Waals surface area (Å²) in [5.41, 5.74) is 0. The molecule has 0 saturated heterocycles. The van der Waals surface area contributed by atoms with Gasteiger partial charge in [0.15, 0.2) is 0 Å². The summed E-state index contributed by atoms with van der Waals surface area (Å²) in [6, 6.07) is 12.7. The first-order valence-electron chi connectivity index (χ1n) is 7.31. The topological polar surface area (TPSA) is 60.4 Å². The van der Waals surface area contributed by atoms with Crippen molar-refractivity contribution in [3.63, 3.8) is 0 Å². The molecule has 0 saturated carbocycles. The third kappa shape index (κ3) is 6.73. The van der Waals surface area contributed by atoms with E-state index in [4.69, 9.17) is 8.98 Å². The van der Waals surface area contributed by atoms with Gasteiger partial charge in [0.2, 0.25) is 0 Å². The summed E-state index contributed by atoms with van der Waals surface area (Å²) in [5.74, 6) is 0. The first kappa shape index (κ1) is 22.3. The summed E-state index contributed by atoms with van der Waals surface area (Å²) in [7, 11) is -3.67. The number of rotatable bonds is 7. The van der Waals surface area contributed by atoms with E-state index in [9.17, 15) is 8.42 Å². The van der Waals surface area contributed by atoms with E-state index in [2.05, 4.69) is 6.92 Å². The number of benzene rings is 2. The van der Waals surface area contributed by atoms with Gasteiger partial charge in [-0.05, 0) is 17.9 Å². The van der Waals surface area contributed by atoms with Gasteiger partial charge >= 0.3 is 29.6 Å². The van der Waals surface area contributed by atoms with Crippen LogP contribution < -0.4 is 29.6 Å². The van der Waals surface area contributed by atoms with Gasteiger partial charge in [0.05, 0.1) is 6.61 Å². The van der Waals surface area contributed by atoms with E-state index in [1.54, 1.807) is 12.1 Å². The van der Waals surface area contributed by atoms with Gasteiger partial charge < -0.3 is 6.22 Å². The first-order valence-corrected chi connectivity index (χ1v) is 8.72. The zero-order valence-corrected chi connectivity index (χ0v) is 16.6. The zero-order chi connectivity index (χ0) is 16.4. The summed E-state index contributed by atoms with van der Waals surface area (Å²) in [6.07, 6.45) is 4.01. The molecule has 4 nitrogen and oxygen atoms in total. The Morgan fingerprint density at radius 1 is 1.00 bits per heavy atom. The molecule has 0 fully saturated rings. The van der Waals surface area contributed by atoms with Crippen LogP contribution in [-0.4, -0.2) is 21.8 Å². The van der Waals surface area contributed by atoms with Gasteiger partial charge in [-0.25, -0.2) is 0 Å². The number of carbonyl (C=O) groups is 1. The number of fused-ring (bicyclic) bond motifs is 1. The minimum absolute atomic E-state index is 0. The normalized spacial score (nSPS) is 10.5. The number of hydrogen-bond acceptors (Lipinski definition) is 4. The van der Waals surface area contributed by atoms with Gasteiger partial charge in [-0.15, -0.1) is 0 Å². The largest absolute Gasteiger partial charge is 1.00 e. The molecular formula is C17H23NaO4S.